The molecule has 2 heterocycles. The van der Waals surface area contributed by atoms with Crippen LogP contribution in [0.1, 0.15) is 5.56 Å². The Morgan fingerprint density at radius 3 is 2.65 bits per heavy atom. The van der Waals surface area contributed by atoms with Gasteiger partial charge in [-0.15, -0.1) is 0 Å². The zero-order valence-corrected chi connectivity index (χ0v) is 14.9. The number of nitrogens with one attached hydrogen (secondary N) is 1. The number of anilines is 2. The van der Waals surface area contributed by atoms with Crippen molar-refractivity contribution in [1.82, 2.24) is 9.78 Å². The quantitative estimate of drug-likeness (QED) is 0.856. The number of hydrogen-bond acceptors (Lipinski definition) is 6. The van der Waals surface area contributed by atoms with Gasteiger partial charge in [-0.05, 0) is 19.1 Å². The number of carbonyl (C=O) groups excluding carboxylic acids is 1. The van der Waals surface area contributed by atoms with Crippen LogP contribution < -0.4 is 20.5 Å². The zero-order valence-electron chi connectivity index (χ0n) is 14.9. The van der Waals surface area contributed by atoms with Crippen molar-refractivity contribution in [2.45, 2.75) is 6.92 Å². The molecule has 8 heteroatoms. The van der Waals surface area contributed by atoms with Gasteiger partial charge < -0.3 is 19.7 Å². The fourth-order valence-corrected chi connectivity index (χ4v) is 2.68. The van der Waals surface area contributed by atoms with Gasteiger partial charge in [0.25, 0.3) is 11.5 Å². The normalized spacial score (nSPS) is 14.2. The lowest BCUT2D eigenvalue weighted by Crippen LogP contribution is -2.41. The molecule has 1 aliphatic heterocycles. The molecule has 1 fully saturated rings. The van der Waals surface area contributed by atoms with Gasteiger partial charge in [0.15, 0.2) is 6.61 Å². The number of rotatable bonds is 5. The number of hydrogen-bond donors (Lipinski definition) is 1. The Balaban J connectivity index is 1.72. The first-order valence-corrected chi connectivity index (χ1v) is 8.43. The number of amides is 1. The van der Waals surface area contributed by atoms with E-state index in [1.54, 1.807) is 7.05 Å². The predicted molar refractivity (Wildman–Crippen MR) is 97.8 cm³/mol. The smallest absolute Gasteiger partial charge is 0.292 e. The minimum absolute atomic E-state index is 0.152. The molecule has 0 bridgehead atoms. The van der Waals surface area contributed by atoms with Crippen LogP contribution in [0.5, 0.6) is 5.75 Å². The number of nitrogens with zero attached hydrogens (tertiary/aromatic N) is 3. The molecule has 0 saturated carbocycles. The molecule has 1 aromatic heterocycles. The first-order chi connectivity index (χ1) is 12.5. The fraction of sp³-hybridized carbons (Fsp3) is 0.389. The molecule has 0 aliphatic carbocycles. The Labute approximate surface area is 151 Å². The third-order valence-corrected chi connectivity index (χ3v) is 4.10. The van der Waals surface area contributed by atoms with Gasteiger partial charge in [-0.3, -0.25) is 9.59 Å². The SMILES string of the molecule is Cc1ccc(OCC(=O)Nc2cnn(C)c(=O)c2N2CCOCC2)cc1. The summed E-state index contributed by atoms with van der Waals surface area (Å²) in [6.45, 7) is 4.07. The van der Waals surface area contributed by atoms with Crippen molar-refractivity contribution in [2.24, 2.45) is 7.05 Å². The lowest BCUT2D eigenvalue weighted by atomic mass is 10.2. The molecule has 0 atom stereocenters. The highest BCUT2D eigenvalue weighted by molar-refractivity contribution is 5.94. The van der Waals surface area contributed by atoms with Crippen molar-refractivity contribution >= 4 is 17.3 Å². The molecule has 2 aromatic rings. The highest BCUT2D eigenvalue weighted by Crippen LogP contribution is 2.21. The zero-order chi connectivity index (χ0) is 18.5. The molecule has 3 rings (SSSR count). The second-order valence-electron chi connectivity index (χ2n) is 6.08. The molecule has 1 saturated heterocycles. The summed E-state index contributed by atoms with van der Waals surface area (Å²) in [5.41, 5.74) is 1.66. The van der Waals surface area contributed by atoms with E-state index in [1.807, 2.05) is 36.1 Å². The molecular formula is C18H22N4O4. The number of aryl methyl sites for hydroxylation is 2. The lowest BCUT2D eigenvalue weighted by Gasteiger charge is -2.29. The van der Waals surface area contributed by atoms with Gasteiger partial charge in [0, 0.05) is 20.1 Å². The number of morpholine rings is 1. The molecule has 0 spiro atoms. The Morgan fingerprint density at radius 2 is 1.96 bits per heavy atom. The van der Waals surface area contributed by atoms with Crippen LogP contribution in [0.4, 0.5) is 11.4 Å². The van der Waals surface area contributed by atoms with Crippen LogP contribution >= 0.6 is 0 Å². The van der Waals surface area contributed by atoms with E-state index in [0.29, 0.717) is 43.4 Å². The van der Waals surface area contributed by atoms with Crippen molar-refractivity contribution in [3.63, 3.8) is 0 Å². The standard InChI is InChI=1S/C18H22N4O4/c1-13-3-5-14(6-4-13)26-12-16(23)20-15-11-19-21(2)18(24)17(15)22-7-9-25-10-8-22/h3-6,11H,7-10,12H2,1-2H3,(H,20,23). The van der Waals surface area contributed by atoms with Crippen LogP contribution in [0.3, 0.4) is 0 Å². The van der Waals surface area contributed by atoms with E-state index in [1.165, 1.54) is 10.9 Å². The molecule has 138 valence electrons. The summed E-state index contributed by atoms with van der Waals surface area (Å²) in [5, 5.41) is 6.74. The Bertz CT molecular complexity index is 826. The molecule has 1 N–H and O–H groups in total. The largest absolute Gasteiger partial charge is 0.484 e. The number of benzene rings is 1. The maximum Gasteiger partial charge on any atom is 0.292 e. The molecule has 26 heavy (non-hydrogen) atoms. The van der Waals surface area contributed by atoms with Gasteiger partial charge in [0.05, 0.1) is 25.1 Å². The van der Waals surface area contributed by atoms with Crippen molar-refractivity contribution in [3.8, 4) is 5.75 Å². The molecular weight excluding hydrogens is 336 g/mol. The Hall–Kier alpha value is -2.87. The van der Waals surface area contributed by atoms with Crippen LogP contribution in [0.15, 0.2) is 35.3 Å². The van der Waals surface area contributed by atoms with E-state index in [9.17, 15) is 9.59 Å². The Morgan fingerprint density at radius 1 is 1.27 bits per heavy atom. The van der Waals surface area contributed by atoms with Crippen molar-refractivity contribution in [3.05, 3.63) is 46.4 Å². The van der Waals surface area contributed by atoms with Crippen molar-refractivity contribution < 1.29 is 14.3 Å². The van der Waals surface area contributed by atoms with Gasteiger partial charge in [0.1, 0.15) is 11.4 Å². The fourth-order valence-electron chi connectivity index (χ4n) is 2.68. The van der Waals surface area contributed by atoms with E-state index in [4.69, 9.17) is 9.47 Å². The molecule has 0 radical (unpaired) electrons. The van der Waals surface area contributed by atoms with E-state index < -0.39 is 0 Å². The number of ether oxygens (including phenoxy) is 2. The molecule has 0 unspecified atom stereocenters. The predicted octanol–water partition coefficient (Wildman–Crippen LogP) is 0.943. The summed E-state index contributed by atoms with van der Waals surface area (Å²) in [7, 11) is 1.58. The van der Waals surface area contributed by atoms with Crippen LogP contribution in [-0.4, -0.2) is 48.6 Å². The van der Waals surface area contributed by atoms with Gasteiger partial charge in [-0.25, -0.2) is 4.68 Å². The Kier molecular flexibility index (Phi) is 5.52. The lowest BCUT2D eigenvalue weighted by molar-refractivity contribution is -0.118. The van der Waals surface area contributed by atoms with Crippen LogP contribution in [0.25, 0.3) is 0 Å². The van der Waals surface area contributed by atoms with Gasteiger partial charge in [0.2, 0.25) is 0 Å². The van der Waals surface area contributed by atoms with Crippen LogP contribution in [-0.2, 0) is 16.6 Å². The van der Waals surface area contributed by atoms with Gasteiger partial charge in [-0.2, -0.15) is 5.10 Å². The van der Waals surface area contributed by atoms with Gasteiger partial charge in [-0.1, -0.05) is 17.7 Å². The minimum atomic E-state index is -0.352. The van der Waals surface area contributed by atoms with E-state index in [2.05, 4.69) is 10.4 Å². The molecule has 8 nitrogen and oxygen atoms in total. The van der Waals surface area contributed by atoms with Crippen LogP contribution in [0.2, 0.25) is 0 Å². The summed E-state index contributed by atoms with van der Waals surface area (Å²) >= 11 is 0. The summed E-state index contributed by atoms with van der Waals surface area (Å²) < 4.78 is 12.1. The summed E-state index contributed by atoms with van der Waals surface area (Å²) in [6.07, 6.45) is 1.48. The molecule has 1 aliphatic rings. The summed E-state index contributed by atoms with van der Waals surface area (Å²) in [5.74, 6) is 0.261. The third-order valence-electron chi connectivity index (χ3n) is 4.10. The van der Waals surface area contributed by atoms with E-state index in [-0.39, 0.29) is 18.1 Å². The van der Waals surface area contributed by atoms with E-state index >= 15 is 0 Å². The second kappa shape index (κ2) is 8.01. The highest BCUT2D eigenvalue weighted by Gasteiger charge is 2.21. The molecule has 1 aromatic carbocycles. The monoisotopic (exact) mass is 358 g/mol. The topological polar surface area (TPSA) is 85.7 Å². The summed E-state index contributed by atoms with van der Waals surface area (Å²) in [4.78, 5) is 26.7. The van der Waals surface area contributed by atoms with E-state index in [0.717, 1.165) is 5.56 Å². The van der Waals surface area contributed by atoms with Crippen molar-refractivity contribution in [2.75, 3.05) is 43.1 Å². The second-order valence-corrected chi connectivity index (χ2v) is 6.08. The maximum absolute atomic E-state index is 12.5. The third kappa shape index (κ3) is 4.20. The maximum atomic E-state index is 12.5. The first-order valence-electron chi connectivity index (χ1n) is 8.43. The number of carbonyl (C=O) groups is 1. The van der Waals surface area contributed by atoms with Crippen molar-refractivity contribution in [1.29, 1.82) is 0 Å². The first kappa shape index (κ1) is 17.9. The molecule has 1 amide bonds. The average Bonchev–Trinajstić information content (AvgIpc) is 2.65. The minimum Gasteiger partial charge on any atom is -0.484 e. The van der Waals surface area contributed by atoms with Crippen LogP contribution in [0, 0.1) is 6.92 Å². The number of aromatic nitrogens is 2. The highest BCUT2D eigenvalue weighted by atomic mass is 16.5. The summed E-state index contributed by atoms with van der Waals surface area (Å²) in [6, 6.07) is 7.44. The average molecular weight is 358 g/mol. The van der Waals surface area contributed by atoms with Gasteiger partial charge >= 0.3 is 0 Å².